The van der Waals surface area contributed by atoms with Gasteiger partial charge >= 0.3 is 12.1 Å². The van der Waals surface area contributed by atoms with Crippen molar-refractivity contribution in [2.24, 2.45) is 0 Å². The highest BCUT2D eigenvalue weighted by Crippen LogP contribution is 2.50. The molecule has 1 atom stereocenters. The smallest absolute Gasteiger partial charge is 0.412 e. The standard InChI is InChI=1S/C24H18N2O7/c1-14(15-5-3-2-4-6-15)31-23(29)25-19-13-30-26-18(19)8-7-17-11-16-12-20(33-21(16)32-17)24(9-10-24)22(27)28/h2-6,11-14H,9-10H2,1H3,(H,25,29)(H,27,28). The number of nitrogens with one attached hydrogen (secondary N) is 1. The van der Waals surface area contributed by atoms with E-state index in [9.17, 15) is 14.7 Å². The first-order valence-corrected chi connectivity index (χ1v) is 10.2. The Bertz CT molecular complexity index is 1370. The van der Waals surface area contributed by atoms with Crippen LogP contribution >= 0.6 is 0 Å². The normalized spacial score (nSPS) is 14.8. The molecule has 33 heavy (non-hydrogen) atoms. The molecule has 1 saturated carbocycles. The third-order valence-electron chi connectivity index (χ3n) is 5.51. The molecule has 2 N–H and O–H groups in total. The Hall–Kier alpha value is -4.45. The molecule has 0 saturated heterocycles. The lowest BCUT2D eigenvalue weighted by Crippen LogP contribution is -2.18. The minimum atomic E-state index is -0.943. The Morgan fingerprint density at radius 1 is 1.18 bits per heavy atom. The first-order valence-electron chi connectivity index (χ1n) is 10.2. The minimum Gasteiger partial charge on any atom is -0.480 e. The van der Waals surface area contributed by atoms with E-state index in [-0.39, 0.29) is 17.2 Å². The van der Waals surface area contributed by atoms with Crippen LogP contribution in [0.4, 0.5) is 10.5 Å². The van der Waals surface area contributed by atoms with Gasteiger partial charge in [0.15, 0.2) is 11.5 Å². The summed E-state index contributed by atoms with van der Waals surface area (Å²) >= 11 is 0. The Morgan fingerprint density at radius 2 is 1.97 bits per heavy atom. The number of furan rings is 2. The fraction of sp³-hybridized carbons (Fsp3) is 0.208. The van der Waals surface area contributed by atoms with Crippen LogP contribution in [-0.2, 0) is 14.9 Å². The van der Waals surface area contributed by atoms with Crippen molar-refractivity contribution in [3.63, 3.8) is 0 Å². The Balaban J connectivity index is 1.27. The van der Waals surface area contributed by atoms with Crippen LogP contribution in [0.25, 0.3) is 11.2 Å². The summed E-state index contributed by atoms with van der Waals surface area (Å²) in [5.74, 6) is 5.55. The van der Waals surface area contributed by atoms with Gasteiger partial charge in [0.05, 0.1) is 5.39 Å². The lowest BCUT2D eigenvalue weighted by molar-refractivity contribution is -0.140. The number of aliphatic carboxylic acids is 1. The molecular weight excluding hydrogens is 428 g/mol. The number of rotatable bonds is 5. The van der Waals surface area contributed by atoms with Gasteiger partial charge in [-0.05, 0) is 43.2 Å². The van der Waals surface area contributed by atoms with Gasteiger partial charge in [-0.3, -0.25) is 10.1 Å². The number of anilines is 1. The average molecular weight is 446 g/mol. The van der Waals surface area contributed by atoms with Gasteiger partial charge in [-0.15, -0.1) is 0 Å². The van der Waals surface area contributed by atoms with E-state index in [0.717, 1.165) is 5.56 Å². The van der Waals surface area contributed by atoms with Gasteiger partial charge < -0.3 is 23.2 Å². The molecule has 0 radical (unpaired) electrons. The summed E-state index contributed by atoms with van der Waals surface area (Å²) in [6.45, 7) is 1.77. The van der Waals surface area contributed by atoms with E-state index in [1.165, 1.54) is 6.26 Å². The number of amides is 1. The van der Waals surface area contributed by atoms with Crippen LogP contribution in [0.3, 0.4) is 0 Å². The molecule has 166 valence electrons. The SMILES string of the molecule is CC(OC(=O)Nc1conc1C#Cc1cc2cc(C3(C(=O)O)CC3)oc2o1)c1ccccc1. The zero-order valence-corrected chi connectivity index (χ0v) is 17.5. The molecule has 1 aromatic carbocycles. The molecule has 0 bridgehead atoms. The number of carboxylic acid groups (broad SMARTS) is 1. The van der Waals surface area contributed by atoms with E-state index in [2.05, 4.69) is 22.3 Å². The number of carbonyl (C=O) groups is 2. The number of benzene rings is 1. The number of carbonyl (C=O) groups excluding carboxylic acids is 1. The summed E-state index contributed by atoms with van der Waals surface area (Å²) in [4.78, 5) is 23.7. The molecule has 3 heterocycles. The predicted octanol–water partition coefficient (Wildman–Crippen LogP) is 4.84. The summed E-state index contributed by atoms with van der Waals surface area (Å²) in [5.41, 5.74) is 0.360. The number of hydrogen-bond donors (Lipinski definition) is 2. The molecule has 1 fully saturated rings. The van der Waals surface area contributed by atoms with Gasteiger partial charge in [-0.2, -0.15) is 0 Å². The molecule has 9 heteroatoms. The zero-order chi connectivity index (χ0) is 23.0. The van der Waals surface area contributed by atoms with E-state index in [1.807, 2.05) is 30.3 Å². The van der Waals surface area contributed by atoms with Crippen LogP contribution in [0.15, 0.2) is 62.1 Å². The van der Waals surface area contributed by atoms with Gasteiger partial charge in [-0.25, -0.2) is 4.79 Å². The number of ether oxygens (including phenoxy) is 1. The predicted molar refractivity (Wildman–Crippen MR) is 114 cm³/mol. The Morgan fingerprint density at radius 3 is 2.67 bits per heavy atom. The summed E-state index contributed by atoms with van der Waals surface area (Å²) in [5, 5.41) is 16.4. The molecule has 4 aromatic rings. The van der Waals surface area contributed by atoms with Gasteiger partial charge in [0.2, 0.25) is 0 Å². The second-order valence-electron chi connectivity index (χ2n) is 7.76. The maximum Gasteiger partial charge on any atom is 0.412 e. The second kappa shape index (κ2) is 7.91. The monoisotopic (exact) mass is 446 g/mol. The van der Waals surface area contributed by atoms with E-state index in [4.69, 9.17) is 18.1 Å². The van der Waals surface area contributed by atoms with E-state index < -0.39 is 23.6 Å². The van der Waals surface area contributed by atoms with Crippen molar-refractivity contribution < 1.29 is 32.8 Å². The minimum absolute atomic E-state index is 0.191. The van der Waals surface area contributed by atoms with Crippen molar-refractivity contribution in [2.75, 3.05) is 5.32 Å². The molecule has 1 aliphatic rings. The van der Waals surface area contributed by atoms with Gasteiger partial charge in [-0.1, -0.05) is 35.5 Å². The van der Waals surface area contributed by atoms with E-state index in [1.54, 1.807) is 19.1 Å². The molecule has 9 nitrogen and oxygen atoms in total. The third-order valence-corrected chi connectivity index (χ3v) is 5.51. The lowest BCUT2D eigenvalue weighted by atomic mass is 10.0. The molecular formula is C24H18N2O7. The second-order valence-corrected chi connectivity index (χ2v) is 7.76. The molecule has 3 aromatic heterocycles. The van der Waals surface area contributed by atoms with Crippen molar-refractivity contribution in [1.82, 2.24) is 5.16 Å². The highest BCUT2D eigenvalue weighted by Gasteiger charge is 2.54. The first-order chi connectivity index (χ1) is 15.9. The van der Waals surface area contributed by atoms with E-state index >= 15 is 0 Å². The topological polar surface area (TPSA) is 128 Å². The van der Waals surface area contributed by atoms with Crippen molar-refractivity contribution in [3.05, 3.63) is 71.5 Å². The van der Waals surface area contributed by atoms with Crippen LogP contribution in [0.1, 0.15) is 48.6 Å². The Labute approximate surface area is 187 Å². The number of carboxylic acids is 1. The van der Waals surface area contributed by atoms with Gasteiger partial charge in [0, 0.05) is 6.07 Å². The van der Waals surface area contributed by atoms with Crippen molar-refractivity contribution in [3.8, 4) is 11.8 Å². The highest BCUT2D eigenvalue weighted by molar-refractivity contribution is 5.87. The van der Waals surface area contributed by atoms with Crippen LogP contribution in [0.2, 0.25) is 0 Å². The third kappa shape index (κ3) is 3.94. The lowest BCUT2D eigenvalue weighted by Gasteiger charge is -2.13. The molecule has 0 spiro atoms. The average Bonchev–Trinajstić information content (AvgIpc) is 3.12. The molecule has 1 unspecified atom stereocenters. The van der Waals surface area contributed by atoms with Gasteiger partial charge in [0.1, 0.15) is 29.2 Å². The van der Waals surface area contributed by atoms with Crippen molar-refractivity contribution >= 4 is 28.9 Å². The van der Waals surface area contributed by atoms with E-state index in [0.29, 0.717) is 29.7 Å². The fourth-order valence-corrected chi connectivity index (χ4v) is 3.46. The number of fused-ring (bicyclic) bond motifs is 1. The summed E-state index contributed by atoms with van der Waals surface area (Å²) in [6.07, 6.45) is 1.21. The zero-order valence-electron chi connectivity index (χ0n) is 17.5. The maximum atomic E-state index is 12.2. The van der Waals surface area contributed by atoms with Crippen LogP contribution in [-0.4, -0.2) is 22.3 Å². The number of hydrogen-bond acceptors (Lipinski definition) is 7. The van der Waals surface area contributed by atoms with Crippen molar-refractivity contribution in [2.45, 2.75) is 31.3 Å². The molecule has 0 aliphatic heterocycles. The van der Waals surface area contributed by atoms with Crippen LogP contribution in [0, 0.1) is 11.8 Å². The maximum absolute atomic E-state index is 12.2. The summed E-state index contributed by atoms with van der Waals surface area (Å²) < 4.78 is 21.5. The Kier molecular flexibility index (Phi) is 4.90. The van der Waals surface area contributed by atoms with Gasteiger partial charge in [0.25, 0.3) is 5.78 Å². The van der Waals surface area contributed by atoms with Crippen LogP contribution in [0.5, 0.6) is 0 Å². The molecule has 1 aliphatic carbocycles. The van der Waals surface area contributed by atoms with Crippen molar-refractivity contribution in [1.29, 1.82) is 0 Å². The van der Waals surface area contributed by atoms with Crippen LogP contribution < -0.4 is 5.32 Å². The summed E-state index contributed by atoms with van der Waals surface area (Å²) in [7, 11) is 0. The largest absolute Gasteiger partial charge is 0.480 e. The molecule has 5 rings (SSSR count). The fourth-order valence-electron chi connectivity index (χ4n) is 3.46. The quantitative estimate of drug-likeness (QED) is 0.417. The number of nitrogens with zero attached hydrogens (tertiary/aromatic N) is 1. The number of aromatic nitrogens is 1. The highest BCUT2D eigenvalue weighted by atomic mass is 16.6. The summed E-state index contributed by atoms with van der Waals surface area (Å²) in [6, 6.07) is 12.7. The molecule has 1 amide bonds. The first kappa shape index (κ1) is 20.5.